The zero-order chi connectivity index (χ0) is 23.8. The molecule has 1 amide bonds. The third kappa shape index (κ3) is 7.06. The zero-order valence-electron chi connectivity index (χ0n) is 17.9. The molecule has 0 aliphatic carbocycles. The van der Waals surface area contributed by atoms with E-state index in [2.05, 4.69) is 58.3 Å². The minimum atomic E-state index is -0.361. The number of hydrogen-bond donors (Lipinski definition) is 1. The number of carbonyl (C=O) groups excluding carboxylic acids is 1. The van der Waals surface area contributed by atoms with Gasteiger partial charge >= 0.3 is 0 Å². The number of halogens is 3. The molecular weight excluding hydrogens is 620 g/mol. The molecule has 0 atom stereocenters. The summed E-state index contributed by atoms with van der Waals surface area (Å²) in [6.45, 7) is 2.82. The van der Waals surface area contributed by atoms with E-state index in [1.54, 1.807) is 24.4 Å². The second-order valence-corrected chi connectivity index (χ2v) is 9.35. The van der Waals surface area contributed by atoms with Crippen LogP contribution in [0.3, 0.4) is 0 Å². The van der Waals surface area contributed by atoms with E-state index in [1.807, 2.05) is 43.3 Å². The normalized spacial score (nSPS) is 10.8. The van der Waals surface area contributed by atoms with Gasteiger partial charge in [-0.2, -0.15) is 5.10 Å². The van der Waals surface area contributed by atoms with Gasteiger partial charge in [-0.15, -0.1) is 0 Å². The smallest absolute Gasteiger partial charge is 0.271 e. The van der Waals surface area contributed by atoms with Crippen LogP contribution in [0.4, 0.5) is 0 Å². The monoisotopic (exact) mass is 638 g/mol. The van der Waals surface area contributed by atoms with Crippen LogP contribution in [0, 0.1) is 0 Å². The quantitative estimate of drug-likeness (QED) is 0.208. The van der Waals surface area contributed by atoms with E-state index in [0.29, 0.717) is 36.0 Å². The predicted molar refractivity (Wildman–Crippen MR) is 140 cm³/mol. The molecule has 0 fully saturated rings. The number of methoxy groups -OCH3 is 1. The maximum absolute atomic E-state index is 12.4. The average Bonchev–Trinajstić information content (AvgIpc) is 2.80. The summed E-state index contributed by atoms with van der Waals surface area (Å²) in [5.74, 6) is 1.39. The van der Waals surface area contributed by atoms with E-state index >= 15 is 0 Å². The first-order chi connectivity index (χ1) is 15.9. The molecule has 1 N–H and O–H groups in total. The van der Waals surface area contributed by atoms with Crippen LogP contribution in [0.1, 0.15) is 28.4 Å². The summed E-state index contributed by atoms with van der Waals surface area (Å²) in [7, 11) is 1.53. The van der Waals surface area contributed by atoms with Crippen molar-refractivity contribution in [1.29, 1.82) is 0 Å². The molecule has 3 rings (SSSR count). The number of amides is 1. The Bertz CT molecular complexity index is 1130. The van der Waals surface area contributed by atoms with E-state index in [-0.39, 0.29) is 5.91 Å². The third-order valence-electron chi connectivity index (χ3n) is 4.42. The summed E-state index contributed by atoms with van der Waals surface area (Å²) in [5.41, 5.74) is 4.76. The van der Waals surface area contributed by atoms with Crippen LogP contribution in [-0.2, 0) is 6.61 Å². The molecule has 6 nitrogen and oxygen atoms in total. The summed E-state index contributed by atoms with van der Waals surface area (Å²) < 4.78 is 19.3. The molecule has 3 aromatic carbocycles. The average molecular weight is 641 g/mol. The van der Waals surface area contributed by atoms with E-state index in [1.165, 1.54) is 7.11 Å². The Morgan fingerprint density at radius 3 is 2.30 bits per heavy atom. The van der Waals surface area contributed by atoms with Gasteiger partial charge in [0.15, 0.2) is 11.5 Å². The van der Waals surface area contributed by atoms with Crippen molar-refractivity contribution in [1.82, 2.24) is 5.43 Å². The molecular formula is C24H21Br3N2O4. The molecule has 9 heteroatoms. The van der Waals surface area contributed by atoms with Gasteiger partial charge in [0, 0.05) is 10.0 Å². The minimum Gasteiger partial charge on any atom is -0.493 e. The highest BCUT2D eigenvalue weighted by atomic mass is 79.9. The Hall–Kier alpha value is -2.36. The van der Waals surface area contributed by atoms with E-state index in [0.717, 1.165) is 24.5 Å². The summed E-state index contributed by atoms with van der Waals surface area (Å²) >= 11 is 10.5. The Balaban J connectivity index is 1.64. The zero-order valence-corrected chi connectivity index (χ0v) is 22.7. The first-order valence-electron chi connectivity index (χ1n) is 9.91. The number of ether oxygens (including phenoxy) is 3. The predicted octanol–water partition coefficient (Wildman–Crippen LogP) is 6.72. The molecule has 0 unspecified atom stereocenters. The Morgan fingerprint density at radius 1 is 0.970 bits per heavy atom. The number of carbonyl (C=O) groups is 1. The second-order valence-electron chi connectivity index (χ2n) is 6.73. The fourth-order valence-electron chi connectivity index (χ4n) is 2.84. The largest absolute Gasteiger partial charge is 0.493 e. The van der Waals surface area contributed by atoms with Crippen LogP contribution in [0.15, 0.2) is 73.1 Å². The molecule has 0 bridgehead atoms. The van der Waals surface area contributed by atoms with Crippen LogP contribution < -0.4 is 19.6 Å². The van der Waals surface area contributed by atoms with Crippen molar-refractivity contribution in [3.8, 4) is 17.2 Å². The van der Waals surface area contributed by atoms with Crippen LogP contribution in [0.5, 0.6) is 17.2 Å². The maximum Gasteiger partial charge on any atom is 0.271 e. The molecule has 0 aliphatic rings. The van der Waals surface area contributed by atoms with E-state index in [4.69, 9.17) is 14.2 Å². The van der Waals surface area contributed by atoms with Gasteiger partial charge in [-0.05, 0) is 92.4 Å². The van der Waals surface area contributed by atoms with Crippen LogP contribution in [-0.4, -0.2) is 25.8 Å². The number of nitrogens with zero attached hydrogens (tertiary/aromatic N) is 1. The number of benzene rings is 3. The second kappa shape index (κ2) is 12.2. The van der Waals surface area contributed by atoms with Crippen molar-refractivity contribution in [3.63, 3.8) is 0 Å². The highest BCUT2D eigenvalue weighted by Crippen LogP contribution is 2.35. The fraction of sp³-hybridized carbons (Fsp3) is 0.167. The highest BCUT2D eigenvalue weighted by molar-refractivity contribution is 9.11. The van der Waals surface area contributed by atoms with Crippen LogP contribution >= 0.6 is 47.8 Å². The molecule has 3 aromatic rings. The molecule has 0 radical (unpaired) electrons. The van der Waals surface area contributed by atoms with Gasteiger partial charge in [-0.25, -0.2) is 5.43 Å². The number of hydrazone groups is 1. The summed E-state index contributed by atoms with van der Waals surface area (Å²) in [6.07, 6.45) is 1.55. The SMILES string of the molecule is CCOc1ccc(C(=O)N/N=C/c2cc(Br)c(OCc3ccc(Br)cc3)c(Br)c2)cc1OC. The molecule has 0 aromatic heterocycles. The fourth-order valence-corrected chi connectivity index (χ4v) is 4.56. The molecule has 172 valence electrons. The summed E-state index contributed by atoms with van der Waals surface area (Å²) in [4.78, 5) is 12.4. The van der Waals surface area contributed by atoms with Crippen LogP contribution in [0.2, 0.25) is 0 Å². The van der Waals surface area contributed by atoms with Gasteiger partial charge in [-0.1, -0.05) is 28.1 Å². The van der Waals surface area contributed by atoms with Gasteiger partial charge in [0.25, 0.3) is 5.91 Å². The number of nitrogens with one attached hydrogen (secondary N) is 1. The van der Waals surface area contributed by atoms with Crippen molar-refractivity contribution >= 4 is 59.9 Å². The van der Waals surface area contributed by atoms with Gasteiger partial charge in [0.1, 0.15) is 12.4 Å². The lowest BCUT2D eigenvalue weighted by Crippen LogP contribution is -2.17. The standard InChI is InChI=1S/C24H21Br3N2O4/c1-3-32-21-9-6-17(12-22(21)31-2)24(30)29-28-13-16-10-19(26)23(20(27)11-16)33-14-15-4-7-18(25)8-5-15/h4-13H,3,14H2,1-2H3,(H,29,30)/b28-13+. The summed E-state index contributed by atoms with van der Waals surface area (Å²) in [6, 6.07) is 16.6. The molecule has 0 heterocycles. The van der Waals surface area contributed by atoms with E-state index in [9.17, 15) is 4.79 Å². The lowest BCUT2D eigenvalue weighted by molar-refractivity contribution is 0.0954. The van der Waals surface area contributed by atoms with Crippen molar-refractivity contribution in [2.24, 2.45) is 5.10 Å². The van der Waals surface area contributed by atoms with Crippen molar-refractivity contribution in [2.75, 3.05) is 13.7 Å². The third-order valence-corrected chi connectivity index (χ3v) is 6.13. The molecule has 0 spiro atoms. The van der Waals surface area contributed by atoms with Crippen LogP contribution in [0.25, 0.3) is 0 Å². The lowest BCUT2D eigenvalue weighted by Gasteiger charge is -2.11. The van der Waals surface area contributed by atoms with Crippen molar-refractivity contribution in [2.45, 2.75) is 13.5 Å². The van der Waals surface area contributed by atoms with E-state index < -0.39 is 0 Å². The first-order valence-corrected chi connectivity index (χ1v) is 12.3. The molecule has 33 heavy (non-hydrogen) atoms. The summed E-state index contributed by atoms with van der Waals surface area (Å²) in [5, 5.41) is 4.06. The molecule has 0 saturated carbocycles. The Morgan fingerprint density at radius 2 is 1.67 bits per heavy atom. The molecule has 0 saturated heterocycles. The minimum absolute atomic E-state index is 0.361. The highest BCUT2D eigenvalue weighted by Gasteiger charge is 2.11. The number of hydrogen-bond acceptors (Lipinski definition) is 5. The number of rotatable bonds is 9. The van der Waals surface area contributed by atoms with Crippen molar-refractivity contribution < 1.29 is 19.0 Å². The lowest BCUT2D eigenvalue weighted by atomic mass is 10.2. The van der Waals surface area contributed by atoms with Gasteiger partial charge in [0.05, 0.1) is 28.9 Å². The van der Waals surface area contributed by atoms with Gasteiger partial charge < -0.3 is 14.2 Å². The van der Waals surface area contributed by atoms with Gasteiger partial charge in [-0.3, -0.25) is 4.79 Å². The van der Waals surface area contributed by atoms with Gasteiger partial charge in [0.2, 0.25) is 0 Å². The van der Waals surface area contributed by atoms with Crippen molar-refractivity contribution in [3.05, 3.63) is 84.7 Å². The molecule has 0 aliphatic heterocycles. The Labute approximate surface area is 217 Å². The topological polar surface area (TPSA) is 69.2 Å². The Kier molecular flexibility index (Phi) is 9.34. The first kappa shape index (κ1) is 25.3. The maximum atomic E-state index is 12.4.